The van der Waals surface area contributed by atoms with Crippen molar-refractivity contribution in [1.82, 2.24) is 4.57 Å². The Hall–Kier alpha value is -3.73. The summed E-state index contributed by atoms with van der Waals surface area (Å²) in [5.74, 6) is 1.26. The molecule has 1 aromatic heterocycles. The number of nitrogens with zero attached hydrogens (tertiary/aromatic N) is 2. The minimum atomic E-state index is -0.0979. The Labute approximate surface area is 218 Å². The highest BCUT2D eigenvalue weighted by molar-refractivity contribution is 5.98. The van der Waals surface area contributed by atoms with E-state index < -0.39 is 0 Å². The van der Waals surface area contributed by atoms with Crippen LogP contribution >= 0.6 is 0 Å². The number of imidazole rings is 1. The molecule has 2 atom stereocenters. The van der Waals surface area contributed by atoms with Crippen LogP contribution < -0.4 is 4.57 Å². The zero-order valence-electron chi connectivity index (χ0n) is 21.7. The molecule has 1 aliphatic rings. The second-order valence-electron chi connectivity index (χ2n) is 10.2. The second-order valence-corrected chi connectivity index (χ2v) is 10.2. The Kier molecular flexibility index (Phi) is 5.94. The molecular weight excluding hydrogens is 456 g/mol. The first-order chi connectivity index (χ1) is 18.1. The quantitative estimate of drug-likeness (QED) is 0.216. The second kappa shape index (κ2) is 9.29. The summed E-state index contributed by atoms with van der Waals surface area (Å²) in [6.45, 7) is 9.34. The van der Waals surface area contributed by atoms with Crippen molar-refractivity contribution in [3.05, 3.63) is 108 Å². The van der Waals surface area contributed by atoms with E-state index in [4.69, 9.17) is 4.74 Å². The monoisotopic (exact) mass is 489 g/mol. The molecule has 0 radical (unpaired) electrons. The largest absolute Gasteiger partial charge is 0.392 e. The number of aliphatic hydroxyl groups excluding tert-OH is 1. The van der Waals surface area contributed by atoms with Gasteiger partial charge in [-0.05, 0) is 65.4 Å². The molecule has 4 aromatic carbocycles. The van der Waals surface area contributed by atoms with Crippen LogP contribution in [-0.4, -0.2) is 30.0 Å². The summed E-state index contributed by atoms with van der Waals surface area (Å²) >= 11 is 0. The number of ether oxygens (including phenoxy) is 1. The number of hydrogen-bond acceptors (Lipinski definition) is 2. The molecule has 1 aliphatic heterocycles. The first kappa shape index (κ1) is 23.7. The average molecular weight is 490 g/mol. The maximum atomic E-state index is 10.4. The maximum Gasteiger partial charge on any atom is 0.296 e. The fraction of sp³-hybridized carbons (Fsp3) is 0.242. The van der Waals surface area contributed by atoms with Crippen molar-refractivity contribution in [3.63, 3.8) is 0 Å². The summed E-state index contributed by atoms with van der Waals surface area (Å²) in [4.78, 5) is 0. The molecule has 37 heavy (non-hydrogen) atoms. The van der Waals surface area contributed by atoms with E-state index in [2.05, 4.69) is 108 Å². The fourth-order valence-electron chi connectivity index (χ4n) is 6.41. The van der Waals surface area contributed by atoms with Crippen LogP contribution in [-0.2, 0) is 4.74 Å². The minimum absolute atomic E-state index is 0.0631. The van der Waals surface area contributed by atoms with Gasteiger partial charge < -0.3 is 9.84 Å². The van der Waals surface area contributed by atoms with Crippen molar-refractivity contribution >= 4 is 21.8 Å². The number of rotatable bonds is 6. The Morgan fingerprint density at radius 3 is 2.43 bits per heavy atom. The highest BCUT2D eigenvalue weighted by Gasteiger charge is 2.45. The van der Waals surface area contributed by atoms with E-state index in [0.717, 1.165) is 28.9 Å². The molecule has 0 spiro atoms. The normalized spacial score (nSPS) is 16.6. The van der Waals surface area contributed by atoms with Gasteiger partial charge >= 0.3 is 0 Å². The molecule has 5 aromatic rings. The Morgan fingerprint density at radius 1 is 0.946 bits per heavy atom. The molecule has 2 unspecified atom stereocenters. The molecule has 186 valence electrons. The molecule has 0 saturated heterocycles. The summed E-state index contributed by atoms with van der Waals surface area (Å²) in [6.07, 6.45) is 0.834. The van der Waals surface area contributed by atoms with E-state index in [9.17, 15) is 5.11 Å². The molecular formula is C33H33N2O2+. The first-order valence-corrected chi connectivity index (χ1v) is 13.0. The van der Waals surface area contributed by atoms with Crippen LogP contribution in [0.25, 0.3) is 38.9 Å². The van der Waals surface area contributed by atoms with E-state index in [1.807, 2.05) is 0 Å². The van der Waals surface area contributed by atoms with Crippen molar-refractivity contribution in [2.75, 3.05) is 20.3 Å². The molecule has 0 aliphatic carbocycles. The minimum Gasteiger partial charge on any atom is -0.392 e. The van der Waals surface area contributed by atoms with Gasteiger partial charge in [-0.3, -0.25) is 0 Å². The molecule has 4 nitrogen and oxygen atoms in total. The van der Waals surface area contributed by atoms with Gasteiger partial charge in [0, 0.05) is 19.6 Å². The van der Waals surface area contributed by atoms with E-state index in [0.29, 0.717) is 6.61 Å². The van der Waals surface area contributed by atoms with Crippen molar-refractivity contribution in [2.24, 2.45) is 0 Å². The SMILES string of the molecule is C=C(CO)C1C(CCOC)c2ccc3ccccc3c2-c2n(-c3c(C)cccc3C)c3ccccc3[n+]21. The summed E-state index contributed by atoms with van der Waals surface area (Å²) < 4.78 is 10.5. The summed E-state index contributed by atoms with van der Waals surface area (Å²) in [7, 11) is 1.76. The lowest BCUT2D eigenvalue weighted by Crippen LogP contribution is -2.49. The first-order valence-electron chi connectivity index (χ1n) is 13.0. The number of aryl methyl sites for hydroxylation is 2. The van der Waals surface area contributed by atoms with E-state index in [1.54, 1.807) is 7.11 Å². The number of fused-ring (bicyclic) bond motifs is 7. The fourth-order valence-corrected chi connectivity index (χ4v) is 6.41. The molecule has 0 fully saturated rings. The predicted molar refractivity (Wildman–Crippen MR) is 150 cm³/mol. The Morgan fingerprint density at radius 2 is 1.68 bits per heavy atom. The number of para-hydroxylation sites is 3. The average Bonchev–Trinajstić information content (AvgIpc) is 3.25. The van der Waals surface area contributed by atoms with Gasteiger partial charge in [-0.2, -0.15) is 4.57 Å². The number of benzene rings is 4. The van der Waals surface area contributed by atoms with Gasteiger partial charge in [-0.15, -0.1) is 0 Å². The third-order valence-electron chi connectivity index (χ3n) is 7.98. The van der Waals surface area contributed by atoms with Crippen LogP contribution in [0.3, 0.4) is 0 Å². The number of hydrogen-bond donors (Lipinski definition) is 1. The van der Waals surface area contributed by atoms with Crippen molar-refractivity contribution in [2.45, 2.75) is 32.2 Å². The lowest BCUT2D eigenvalue weighted by molar-refractivity contribution is -0.685. The lowest BCUT2D eigenvalue weighted by Gasteiger charge is -2.33. The zero-order chi connectivity index (χ0) is 25.7. The Bertz CT molecular complexity index is 1640. The predicted octanol–water partition coefficient (Wildman–Crippen LogP) is 6.58. The van der Waals surface area contributed by atoms with Gasteiger partial charge in [0.15, 0.2) is 11.0 Å². The molecule has 0 saturated carbocycles. The number of aromatic nitrogens is 2. The van der Waals surface area contributed by atoms with Crippen LogP contribution in [0.1, 0.15) is 35.1 Å². The molecule has 1 N–H and O–H groups in total. The van der Waals surface area contributed by atoms with Crippen LogP contribution in [0.4, 0.5) is 0 Å². The molecule has 6 rings (SSSR count). The van der Waals surface area contributed by atoms with E-state index in [1.165, 1.54) is 38.7 Å². The highest BCUT2D eigenvalue weighted by Crippen LogP contribution is 2.48. The van der Waals surface area contributed by atoms with Gasteiger partial charge in [0.2, 0.25) is 0 Å². The highest BCUT2D eigenvalue weighted by atomic mass is 16.5. The Balaban J connectivity index is 1.84. The van der Waals surface area contributed by atoms with Gasteiger partial charge in [0.1, 0.15) is 11.7 Å². The van der Waals surface area contributed by atoms with E-state index in [-0.39, 0.29) is 18.6 Å². The maximum absolute atomic E-state index is 10.4. The number of aliphatic hydroxyl groups is 1. The van der Waals surface area contributed by atoms with Crippen LogP contribution in [0.2, 0.25) is 0 Å². The zero-order valence-corrected chi connectivity index (χ0v) is 21.7. The summed E-state index contributed by atoms with van der Waals surface area (Å²) in [6, 6.07) is 28.2. The third kappa shape index (κ3) is 3.55. The standard InChI is InChI=1S/C33H33N2O2/c1-21-10-9-11-22(2)31(21)34-28-14-7-8-15-29(28)35-32(23(3)20-36)27(18-19-37-4)26-17-16-24-12-5-6-13-25(24)30(26)33(34)35/h5-17,27,32,36H,3,18-20H2,1-2,4H3/q+1. The molecule has 0 bridgehead atoms. The molecule has 2 heterocycles. The van der Waals surface area contributed by atoms with Crippen molar-refractivity contribution in [1.29, 1.82) is 0 Å². The molecule has 0 amide bonds. The number of methoxy groups -OCH3 is 1. The van der Waals surface area contributed by atoms with Crippen molar-refractivity contribution < 1.29 is 14.4 Å². The lowest BCUT2D eigenvalue weighted by atomic mass is 9.78. The van der Waals surface area contributed by atoms with Gasteiger partial charge in [0.25, 0.3) is 5.82 Å². The molecule has 4 heteroatoms. The van der Waals surface area contributed by atoms with Gasteiger partial charge in [-0.1, -0.05) is 73.3 Å². The van der Waals surface area contributed by atoms with Crippen LogP contribution in [0.15, 0.2) is 91.0 Å². The van der Waals surface area contributed by atoms with Gasteiger partial charge in [0.05, 0.1) is 12.2 Å². The smallest absolute Gasteiger partial charge is 0.296 e. The third-order valence-corrected chi connectivity index (χ3v) is 7.98. The summed E-state index contributed by atoms with van der Waals surface area (Å²) in [5.41, 5.74) is 9.30. The van der Waals surface area contributed by atoms with E-state index >= 15 is 0 Å². The van der Waals surface area contributed by atoms with Gasteiger partial charge in [-0.25, -0.2) is 4.57 Å². The van der Waals surface area contributed by atoms with Crippen LogP contribution in [0.5, 0.6) is 0 Å². The van der Waals surface area contributed by atoms with Crippen LogP contribution in [0, 0.1) is 13.8 Å². The summed E-state index contributed by atoms with van der Waals surface area (Å²) in [5, 5.41) is 12.9. The topological polar surface area (TPSA) is 38.3 Å². The van der Waals surface area contributed by atoms with Crippen molar-refractivity contribution in [3.8, 4) is 17.1 Å².